The Bertz CT molecular complexity index is 453. The summed E-state index contributed by atoms with van der Waals surface area (Å²) in [5.41, 5.74) is 1.88. The lowest BCUT2D eigenvalue weighted by Crippen LogP contribution is -2.18. The number of hydrogen-bond donors (Lipinski definition) is 1. The van der Waals surface area contributed by atoms with Crippen molar-refractivity contribution in [2.45, 2.75) is 51.6 Å². The van der Waals surface area contributed by atoms with Crippen molar-refractivity contribution in [1.82, 2.24) is 0 Å². The molecule has 1 aromatic rings. The standard InChI is InChI=1S/C15H21NO3/c1-11-12(7-4-8-14(11)16(18)19)9-10-15(17)13-5-2-3-6-13/h4,7-8,13,15,17H,2-3,5-6,9-10H2,1H3. The van der Waals surface area contributed by atoms with E-state index in [1.165, 1.54) is 18.9 Å². The summed E-state index contributed by atoms with van der Waals surface area (Å²) < 4.78 is 0. The van der Waals surface area contributed by atoms with Crippen LogP contribution in [0, 0.1) is 23.0 Å². The minimum atomic E-state index is -0.341. The summed E-state index contributed by atoms with van der Waals surface area (Å²) in [4.78, 5) is 10.5. The summed E-state index contributed by atoms with van der Waals surface area (Å²) in [6, 6.07) is 5.18. The first-order valence-electron chi connectivity index (χ1n) is 7.00. The molecule has 1 aromatic carbocycles. The second-order valence-electron chi connectivity index (χ2n) is 5.47. The van der Waals surface area contributed by atoms with Gasteiger partial charge in [-0.2, -0.15) is 0 Å². The lowest BCUT2D eigenvalue weighted by atomic mass is 9.93. The smallest absolute Gasteiger partial charge is 0.272 e. The second-order valence-corrected chi connectivity index (χ2v) is 5.47. The van der Waals surface area contributed by atoms with E-state index in [2.05, 4.69) is 0 Å². The Morgan fingerprint density at radius 2 is 2.11 bits per heavy atom. The van der Waals surface area contributed by atoms with E-state index in [0.29, 0.717) is 18.8 Å². The Balaban J connectivity index is 1.99. The van der Waals surface area contributed by atoms with Crippen LogP contribution in [0.25, 0.3) is 0 Å². The van der Waals surface area contributed by atoms with Crippen molar-refractivity contribution in [2.75, 3.05) is 0 Å². The Labute approximate surface area is 113 Å². The van der Waals surface area contributed by atoms with Crippen LogP contribution < -0.4 is 0 Å². The van der Waals surface area contributed by atoms with Crippen LogP contribution in [-0.4, -0.2) is 16.1 Å². The number of aliphatic hydroxyl groups excluding tert-OH is 1. The van der Waals surface area contributed by atoms with Gasteiger partial charge in [-0.1, -0.05) is 25.0 Å². The number of nitrogens with zero attached hydrogens (tertiary/aromatic N) is 1. The highest BCUT2D eigenvalue weighted by Gasteiger charge is 2.23. The zero-order valence-electron chi connectivity index (χ0n) is 11.3. The van der Waals surface area contributed by atoms with Crippen LogP contribution in [0.5, 0.6) is 0 Å². The minimum Gasteiger partial charge on any atom is -0.393 e. The van der Waals surface area contributed by atoms with E-state index in [1.54, 1.807) is 13.0 Å². The van der Waals surface area contributed by atoms with E-state index in [0.717, 1.165) is 24.0 Å². The van der Waals surface area contributed by atoms with E-state index in [1.807, 2.05) is 6.07 Å². The average molecular weight is 263 g/mol. The molecule has 1 aliphatic carbocycles. The normalized spacial score (nSPS) is 17.6. The fourth-order valence-electron chi connectivity index (χ4n) is 3.02. The first-order valence-corrected chi connectivity index (χ1v) is 7.00. The molecule has 4 heteroatoms. The van der Waals surface area contributed by atoms with E-state index in [-0.39, 0.29) is 16.7 Å². The molecule has 0 spiro atoms. The molecular formula is C15H21NO3. The molecule has 0 heterocycles. The molecule has 1 atom stereocenters. The number of rotatable bonds is 5. The van der Waals surface area contributed by atoms with Gasteiger partial charge in [0.15, 0.2) is 0 Å². The number of hydrogen-bond acceptors (Lipinski definition) is 3. The third-order valence-electron chi connectivity index (χ3n) is 4.27. The van der Waals surface area contributed by atoms with Crippen LogP contribution in [0.15, 0.2) is 18.2 Å². The molecule has 1 aliphatic rings. The number of nitro benzene ring substituents is 1. The lowest BCUT2D eigenvalue weighted by molar-refractivity contribution is -0.385. The largest absolute Gasteiger partial charge is 0.393 e. The SMILES string of the molecule is Cc1c(CCC(O)C2CCCC2)cccc1[N+](=O)[O-]. The molecule has 19 heavy (non-hydrogen) atoms. The van der Waals surface area contributed by atoms with Crippen molar-refractivity contribution >= 4 is 5.69 Å². The summed E-state index contributed by atoms with van der Waals surface area (Å²) in [5.74, 6) is 0.430. The molecule has 1 unspecified atom stereocenters. The maximum Gasteiger partial charge on any atom is 0.272 e. The Morgan fingerprint density at radius 1 is 1.42 bits per heavy atom. The molecule has 0 bridgehead atoms. The number of benzene rings is 1. The Hall–Kier alpha value is -1.42. The topological polar surface area (TPSA) is 63.4 Å². The second kappa shape index (κ2) is 6.15. The van der Waals surface area contributed by atoms with Gasteiger partial charge in [0.1, 0.15) is 0 Å². The highest BCUT2D eigenvalue weighted by molar-refractivity contribution is 5.44. The maximum absolute atomic E-state index is 10.9. The quantitative estimate of drug-likeness (QED) is 0.654. The zero-order valence-corrected chi connectivity index (χ0v) is 11.3. The molecule has 1 saturated carbocycles. The number of aliphatic hydroxyl groups is 1. The molecule has 0 aliphatic heterocycles. The highest BCUT2D eigenvalue weighted by atomic mass is 16.6. The van der Waals surface area contributed by atoms with Crippen molar-refractivity contribution in [3.63, 3.8) is 0 Å². The minimum absolute atomic E-state index is 0.174. The molecule has 0 radical (unpaired) electrons. The molecule has 1 N–H and O–H groups in total. The van der Waals surface area contributed by atoms with E-state index in [4.69, 9.17) is 0 Å². The predicted octanol–water partition coefficient (Wildman–Crippen LogP) is 3.39. The lowest BCUT2D eigenvalue weighted by Gasteiger charge is -2.17. The molecule has 0 aromatic heterocycles. The fraction of sp³-hybridized carbons (Fsp3) is 0.600. The molecule has 0 saturated heterocycles. The fourth-order valence-corrected chi connectivity index (χ4v) is 3.02. The Morgan fingerprint density at radius 3 is 2.74 bits per heavy atom. The van der Waals surface area contributed by atoms with Crippen LogP contribution >= 0.6 is 0 Å². The third kappa shape index (κ3) is 3.32. The molecule has 0 amide bonds. The van der Waals surface area contributed by atoms with Gasteiger partial charge < -0.3 is 5.11 Å². The zero-order chi connectivity index (χ0) is 13.8. The van der Waals surface area contributed by atoms with Crippen molar-refractivity contribution < 1.29 is 10.0 Å². The molecule has 4 nitrogen and oxygen atoms in total. The van der Waals surface area contributed by atoms with Gasteiger partial charge in [-0.25, -0.2) is 0 Å². The monoisotopic (exact) mass is 263 g/mol. The van der Waals surface area contributed by atoms with Crippen LogP contribution in [-0.2, 0) is 6.42 Å². The van der Waals surface area contributed by atoms with Crippen LogP contribution in [0.3, 0.4) is 0 Å². The van der Waals surface area contributed by atoms with Crippen LogP contribution in [0.2, 0.25) is 0 Å². The summed E-state index contributed by atoms with van der Waals surface area (Å²) in [7, 11) is 0. The van der Waals surface area contributed by atoms with Gasteiger partial charge in [0.25, 0.3) is 5.69 Å². The third-order valence-corrected chi connectivity index (χ3v) is 4.27. The van der Waals surface area contributed by atoms with Crippen molar-refractivity contribution in [3.8, 4) is 0 Å². The van der Waals surface area contributed by atoms with Gasteiger partial charge in [-0.05, 0) is 44.1 Å². The van der Waals surface area contributed by atoms with Gasteiger partial charge in [0.05, 0.1) is 11.0 Å². The summed E-state index contributed by atoms with van der Waals surface area (Å²) >= 11 is 0. The van der Waals surface area contributed by atoms with E-state index < -0.39 is 0 Å². The predicted molar refractivity (Wildman–Crippen MR) is 74.1 cm³/mol. The van der Waals surface area contributed by atoms with Gasteiger partial charge >= 0.3 is 0 Å². The van der Waals surface area contributed by atoms with Gasteiger partial charge in [-0.3, -0.25) is 10.1 Å². The van der Waals surface area contributed by atoms with Crippen molar-refractivity contribution in [2.24, 2.45) is 5.92 Å². The van der Waals surface area contributed by atoms with Gasteiger partial charge in [0, 0.05) is 11.6 Å². The molecular weight excluding hydrogens is 242 g/mol. The summed E-state index contributed by atoms with van der Waals surface area (Å²) in [6.07, 6.45) is 5.83. The van der Waals surface area contributed by atoms with Crippen molar-refractivity contribution in [3.05, 3.63) is 39.4 Å². The van der Waals surface area contributed by atoms with E-state index >= 15 is 0 Å². The first-order chi connectivity index (χ1) is 9.09. The maximum atomic E-state index is 10.9. The van der Waals surface area contributed by atoms with Gasteiger partial charge in [-0.15, -0.1) is 0 Å². The molecule has 1 fully saturated rings. The van der Waals surface area contributed by atoms with E-state index in [9.17, 15) is 15.2 Å². The summed E-state index contributed by atoms with van der Waals surface area (Å²) in [5, 5.41) is 21.0. The molecule has 104 valence electrons. The van der Waals surface area contributed by atoms with Crippen LogP contribution in [0.1, 0.15) is 43.2 Å². The van der Waals surface area contributed by atoms with Crippen LogP contribution in [0.4, 0.5) is 5.69 Å². The number of nitro groups is 1. The highest BCUT2D eigenvalue weighted by Crippen LogP contribution is 2.30. The Kier molecular flexibility index (Phi) is 4.53. The van der Waals surface area contributed by atoms with Crippen molar-refractivity contribution in [1.29, 1.82) is 0 Å². The summed E-state index contributed by atoms with van der Waals surface area (Å²) in [6.45, 7) is 1.79. The van der Waals surface area contributed by atoms with Gasteiger partial charge in [0.2, 0.25) is 0 Å². The number of aryl methyl sites for hydroxylation is 1. The average Bonchev–Trinajstić information content (AvgIpc) is 2.90. The molecule has 2 rings (SSSR count). The first kappa shape index (κ1) is 14.0.